The van der Waals surface area contributed by atoms with Gasteiger partial charge in [0.05, 0.1) is 4.92 Å². The Morgan fingerprint density at radius 3 is 2.30 bits per heavy atom. The Morgan fingerprint density at radius 1 is 1.09 bits per heavy atom. The van der Waals surface area contributed by atoms with Gasteiger partial charge in [-0.1, -0.05) is 23.2 Å². The summed E-state index contributed by atoms with van der Waals surface area (Å²) < 4.78 is 0. The lowest BCUT2D eigenvalue weighted by atomic mass is 10.2. The van der Waals surface area contributed by atoms with Crippen LogP contribution < -0.4 is 10.6 Å². The molecule has 0 spiro atoms. The van der Waals surface area contributed by atoms with Gasteiger partial charge in [-0.3, -0.25) is 20.2 Å². The summed E-state index contributed by atoms with van der Waals surface area (Å²) in [6, 6.07) is 10.3. The number of anilines is 1. The number of nitrogens with one attached hydrogen (secondary N) is 2. The highest BCUT2D eigenvalue weighted by Gasteiger charge is 2.16. The largest absolute Gasteiger partial charge is 0.327 e. The number of carbonyl (C=O) groups excluding carboxylic acids is 1. The van der Waals surface area contributed by atoms with E-state index < -0.39 is 10.8 Å². The summed E-state index contributed by atoms with van der Waals surface area (Å²) in [5.74, 6) is -0.462. The summed E-state index contributed by atoms with van der Waals surface area (Å²) in [4.78, 5) is 22.4. The molecule has 2 aromatic rings. The maximum absolute atomic E-state index is 12.0. The van der Waals surface area contributed by atoms with Gasteiger partial charge in [-0.15, -0.1) is 0 Å². The molecule has 0 aliphatic heterocycles. The Labute approximate surface area is 146 Å². The molecule has 0 aromatic heterocycles. The van der Waals surface area contributed by atoms with Gasteiger partial charge < -0.3 is 5.32 Å². The number of thiocarbonyl (C=S) groups is 1. The average molecular weight is 370 g/mol. The predicted octanol–water partition coefficient (Wildman–Crippen LogP) is 4.03. The Kier molecular flexibility index (Phi) is 5.49. The first kappa shape index (κ1) is 17.1. The van der Waals surface area contributed by atoms with Gasteiger partial charge in [-0.25, -0.2) is 0 Å². The summed E-state index contributed by atoms with van der Waals surface area (Å²) in [6.07, 6.45) is 0. The fraction of sp³-hybridized carbons (Fsp3) is 0. The topological polar surface area (TPSA) is 84.3 Å². The van der Waals surface area contributed by atoms with Gasteiger partial charge in [0.1, 0.15) is 5.69 Å². The Morgan fingerprint density at radius 2 is 1.70 bits per heavy atom. The van der Waals surface area contributed by atoms with Crippen LogP contribution in [0.4, 0.5) is 11.4 Å². The first-order valence-electron chi connectivity index (χ1n) is 6.18. The van der Waals surface area contributed by atoms with Crippen molar-refractivity contribution in [3.8, 4) is 0 Å². The molecule has 0 saturated carbocycles. The summed E-state index contributed by atoms with van der Waals surface area (Å²) in [5, 5.41) is 16.7. The van der Waals surface area contributed by atoms with Crippen molar-refractivity contribution in [1.29, 1.82) is 0 Å². The molecule has 0 aliphatic rings. The number of amides is 1. The number of nitro benzene ring substituents is 1. The van der Waals surface area contributed by atoms with E-state index in [1.165, 1.54) is 30.3 Å². The molecule has 0 unspecified atom stereocenters. The molecule has 0 saturated heterocycles. The number of nitro groups is 1. The predicted molar refractivity (Wildman–Crippen MR) is 93.2 cm³/mol. The van der Waals surface area contributed by atoms with Gasteiger partial charge in [-0.05, 0) is 48.6 Å². The van der Waals surface area contributed by atoms with E-state index in [1.54, 1.807) is 12.1 Å². The van der Waals surface area contributed by atoms with Crippen molar-refractivity contribution in [3.05, 3.63) is 68.2 Å². The smallest absolute Gasteiger partial charge is 0.294 e. The van der Waals surface area contributed by atoms with Gasteiger partial charge in [0.2, 0.25) is 0 Å². The van der Waals surface area contributed by atoms with Crippen LogP contribution in [0.15, 0.2) is 42.5 Å². The van der Waals surface area contributed by atoms with Crippen molar-refractivity contribution in [2.24, 2.45) is 0 Å². The number of benzene rings is 2. The number of nitrogens with zero attached hydrogens (tertiary/aromatic N) is 1. The Hall–Kier alpha value is -2.22. The molecule has 0 bridgehead atoms. The van der Waals surface area contributed by atoms with Gasteiger partial charge >= 0.3 is 0 Å². The normalized spacial score (nSPS) is 10.0. The molecule has 0 fully saturated rings. The first-order valence-corrected chi connectivity index (χ1v) is 7.35. The van der Waals surface area contributed by atoms with Gasteiger partial charge in [0.25, 0.3) is 11.6 Å². The van der Waals surface area contributed by atoms with E-state index in [1.807, 2.05) is 0 Å². The zero-order valence-electron chi connectivity index (χ0n) is 11.4. The van der Waals surface area contributed by atoms with Crippen LogP contribution in [-0.2, 0) is 0 Å². The van der Waals surface area contributed by atoms with Crippen molar-refractivity contribution >= 4 is 57.8 Å². The number of rotatable bonds is 3. The zero-order valence-corrected chi connectivity index (χ0v) is 13.7. The first-order chi connectivity index (χ1) is 10.9. The van der Waals surface area contributed by atoms with E-state index in [0.29, 0.717) is 10.6 Å². The molecule has 1 amide bonds. The monoisotopic (exact) mass is 369 g/mol. The van der Waals surface area contributed by atoms with Crippen molar-refractivity contribution in [3.63, 3.8) is 0 Å². The fourth-order valence-electron chi connectivity index (χ4n) is 1.69. The third kappa shape index (κ3) is 4.62. The lowest BCUT2D eigenvalue weighted by Gasteiger charge is -2.10. The Bertz CT molecular complexity index is 781. The number of carbonyl (C=O) groups is 1. The highest BCUT2D eigenvalue weighted by Crippen LogP contribution is 2.27. The Balaban J connectivity index is 2.09. The van der Waals surface area contributed by atoms with Crippen LogP contribution >= 0.6 is 35.4 Å². The number of hydrogen-bond donors (Lipinski definition) is 2. The third-order valence-electron chi connectivity index (χ3n) is 2.74. The second kappa shape index (κ2) is 7.36. The van der Waals surface area contributed by atoms with Gasteiger partial charge in [0.15, 0.2) is 5.11 Å². The molecule has 0 heterocycles. The van der Waals surface area contributed by atoms with Crippen LogP contribution in [0.5, 0.6) is 0 Å². The molecule has 2 rings (SSSR count). The second-order valence-electron chi connectivity index (χ2n) is 4.33. The van der Waals surface area contributed by atoms with Crippen molar-refractivity contribution in [2.45, 2.75) is 0 Å². The summed E-state index contributed by atoms with van der Waals surface area (Å²) >= 11 is 16.5. The minimum atomic E-state index is -0.599. The van der Waals surface area contributed by atoms with E-state index in [2.05, 4.69) is 10.6 Å². The molecule has 9 heteroatoms. The minimum absolute atomic E-state index is 0.0737. The van der Waals surface area contributed by atoms with Crippen molar-refractivity contribution in [2.75, 3.05) is 5.32 Å². The van der Waals surface area contributed by atoms with Crippen LogP contribution in [-0.4, -0.2) is 15.9 Å². The van der Waals surface area contributed by atoms with Crippen LogP contribution in [0.25, 0.3) is 0 Å². The lowest BCUT2D eigenvalue weighted by Crippen LogP contribution is -2.34. The van der Waals surface area contributed by atoms with E-state index in [4.69, 9.17) is 35.4 Å². The molecule has 23 heavy (non-hydrogen) atoms. The molecule has 0 radical (unpaired) electrons. The van der Waals surface area contributed by atoms with Crippen LogP contribution in [0.1, 0.15) is 10.4 Å². The molecule has 0 atom stereocenters. The van der Waals surface area contributed by atoms with Crippen LogP contribution in [0.3, 0.4) is 0 Å². The summed E-state index contributed by atoms with van der Waals surface area (Å²) in [7, 11) is 0. The molecule has 0 aliphatic carbocycles. The molecule has 6 nitrogen and oxygen atoms in total. The zero-order chi connectivity index (χ0) is 17.0. The van der Waals surface area contributed by atoms with E-state index in [9.17, 15) is 14.9 Å². The maximum Gasteiger partial charge on any atom is 0.294 e. The molecular formula is C14H9Cl2N3O3S. The highest BCUT2D eigenvalue weighted by molar-refractivity contribution is 7.80. The molecule has 2 N–H and O–H groups in total. The molecule has 2 aromatic carbocycles. The SMILES string of the molecule is O=C(NC(=S)Nc1ccc(Cl)cc1[N+](=O)[O-])c1ccc(Cl)cc1. The fourth-order valence-corrected chi connectivity index (χ4v) is 2.19. The van der Waals surface area contributed by atoms with Gasteiger partial charge in [-0.2, -0.15) is 0 Å². The third-order valence-corrected chi connectivity index (χ3v) is 3.43. The van der Waals surface area contributed by atoms with Gasteiger partial charge in [0, 0.05) is 21.7 Å². The van der Waals surface area contributed by atoms with E-state index in [-0.39, 0.29) is 21.5 Å². The second-order valence-corrected chi connectivity index (χ2v) is 5.61. The summed E-state index contributed by atoms with van der Waals surface area (Å²) in [5.41, 5.74) is 0.227. The van der Waals surface area contributed by atoms with Crippen LogP contribution in [0, 0.1) is 10.1 Å². The number of halogens is 2. The maximum atomic E-state index is 12.0. The average Bonchev–Trinajstić information content (AvgIpc) is 2.49. The van der Waals surface area contributed by atoms with Crippen molar-refractivity contribution in [1.82, 2.24) is 5.32 Å². The minimum Gasteiger partial charge on any atom is -0.327 e. The summed E-state index contributed by atoms with van der Waals surface area (Å²) in [6.45, 7) is 0. The number of hydrogen-bond acceptors (Lipinski definition) is 4. The van der Waals surface area contributed by atoms with E-state index in [0.717, 1.165) is 0 Å². The lowest BCUT2D eigenvalue weighted by molar-refractivity contribution is -0.383. The van der Waals surface area contributed by atoms with Crippen molar-refractivity contribution < 1.29 is 9.72 Å². The molecular weight excluding hydrogens is 361 g/mol. The van der Waals surface area contributed by atoms with Crippen LogP contribution in [0.2, 0.25) is 10.0 Å². The van der Waals surface area contributed by atoms with E-state index >= 15 is 0 Å². The highest BCUT2D eigenvalue weighted by atomic mass is 35.5. The molecule has 118 valence electrons. The standard InChI is InChI=1S/C14H9Cl2N3O3S/c15-9-3-1-8(2-4-9)13(20)18-14(23)17-11-6-5-10(16)7-12(11)19(21)22/h1-7H,(H2,17,18,20,23). The quantitative estimate of drug-likeness (QED) is 0.484.